The Bertz CT molecular complexity index is 566. The highest BCUT2D eigenvalue weighted by molar-refractivity contribution is 7.98. The summed E-state index contributed by atoms with van der Waals surface area (Å²) in [4.78, 5) is 4.36. The molecular formula is C14H19N3O3S. The van der Waals surface area contributed by atoms with Crippen molar-refractivity contribution in [2.75, 3.05) is 26.2 Å². The van der Waals surface area contributed by atoms with Crippen LogP contribution in [0.3, 0.4) is 0 Å². The second kappa shape index (κ2) is 7.33. The quantitative estimate of drug-likeness (QED) is 0.841. The summed E-state index contributed by atoms with van der Waals surface area (Å²) in [6.07, 6.45) is 2.83. The maximum absolute atomic E-state index is 6.03. The van der Waals surface area contributed by atoms with Gasteiger partial charge < -0.3 is 19.7 Å². The molecule has 114 valence electrons. The Morgan fingerprint density at radius 1 is 1.24 bits per heavy atom. The van der Waals surface area contributed by atoms with Crippen LogP contribution in [0.25, 0.3) is 11.4 Å². The summed E-state index contributed by atoms with van der Waals surface area (Å²) in [6, 6.07) is 5.19. The highest BCUT2D eigenvalue weighted by Crippen LogP contribution is 2.28. The van der Waals surface area contributed by atoms with Gasteiger partial charge in [0, 0.05) is 11.6 Å². The van der Waals surface area contributed by atoms with E-state index in [4.69, 9.17) is 19.7 Å². The number of methoxy groups -OCH3 is 2. The molecular weight excluding hydrogens is 290 g/mol. The molecule has 21 heavy (non-hydrogen) atoms. The van der Waals surface area contributed by atoms with Crippen LogP contribution in [0.5, 0.6) is 11.5 Å². The van der Waals surface area contributed by atoms with Crippen LogP contribution in [0.2, 0.25) is 0 Å². The van der Waals surface area contributed by atoms with E-state index in [2.05, 4.69) is 10.1 Å². The van der Waals surface area contributed by atoms with Gasteiger partial charge >= 0.3 is 0 Å². The molecule has 0 amide bonds. The topological polar surface area (TPSA) is 83.4 Å². The standard InChI is InChI=1S/C14H19N3O3S/c1-18-10-6-9(7-11(8-10)19-2)13-16-14(20-17-13)12(15)4-5-21-3/h6-8,12H,4-5,15H2,1-3H3/t12-/m0/s1. The molecule has 0 fully saturated rings. The summed E-state index contributed by atoms with van der Waals surface area (Å²) < 4.78 is 15.7. The molecule has 0 unspecified atom stereocenters. The lowest BCUT2D eigenvalue weighted by atomic mass is 10.2. The van der Waals surface area contributed by atoms with Gasteiger partial charge in [0.2, 0.25) is 11.7 Å². The molecule has 0 saturated heterocycles. The summed E-state index contributed by atoms with van der Waals surface area (Å²) in [5.41, 5.74) is 6.79. The van der Waals surface area contributed by atoms with E-state index >= 15 is 0 Å². The molecule has 0 aliphatic rings. The van der Waals surface area contributed by atoms with E-state index in [9.17, 15) is 0 Å². The third kappa shape index (κ3) is 3.89. The van der Waals surface area contributed by atoms with Crippen LogP contribution < -0.4 is 15.2 Å². The number of hydrogen-bond donors (Lipinski definition) is 1. The molecule has 2 aromatic rings. The first kappa shape index (κ1) is 15.7. The van der Waals surface area contributed by atoms with Crippen molar-refractivity contribution in [1.29, 1.82) is 0 Å². The van der Waals surface area contributed by atoms with Crippen molar-refractivity contribution in [2.45, 2.75) is 12.5 Å². The van der Waals surface area contributed by atoms with E-state index in [1.165, 1.54) is 0 Å². The summed E-state index contributed by atoms with van der Waals surface area (Å²) in [6.45, 7) is 0. The van der Waals surface area contributed by atoms with E-state index < -0.39 is 0 Å². The number of thioether (sulfide) groups is 1. The molecule has 0 spiro atoms. The summed E-state index contributed by atoms with van der Waals surface area (Å²) in [5, 5.41) is 3.98. The highest BCUT2D eigenvalue weighted by Gasteiger charge is 2.16. The Morgan fingerprint density at radius 3 is 2.48 bits per heavy atom. The number of rotatable bonds is 7. The lowest BCUT2D eigenvalue weighted by molar-refractivity contribution is 0.353. The first-order chi connectivity index (χ1) is 10.2. The van der Waals surface area contributed by atoms with E-state index in [-0.39, 0.29) is 6.04 Å². The first-order valence-electron chi connectivity index (χ1n) is 6.49. The van der Waals surface area contributed by atoms with Gasteiger partial charge in [0.1, 0.15) is 11.5 Å². The van der Waals surface area contributed by atoms with Gasteiger partial charge in [-0.1, -0.05) is 5.16 Å². The minimum Gasteiger partial charge on any atom is -0.497 e. The monoisotopic (exact) mass is 309 g/mol. The van der Waals surface area contributed by atoms with Gasteiger partial charge in [-0.05, 0) is 30.6 Å². The third-order valence-corrected chi connectivity index (χ3v) is 3.65. The van der Waals surface area contributed by atoms with Crippen LogP contribution in [0.1, 0.15) is 18.4 Å². The minimum atomic E-state index is -0.244. The minimum absolute atomic E-state index is 0.244. The fourth-order valence-electron chi connectivity index (χ4n) is 1.81. The predicted octanol–water partition coefficient (Wildman–Crippen LogP) is 2.51. The van der Waals surface area contributed by atoms with Gasteiger partial charge in [0.25, 0.3) is 0 Å². The molecule has 0 radical (unpaired) electrons. The van der Waals surface area contributed by atoms with Crippen molar-refractivity contribution in [1.82, 2.24) is 10.1 Å². The Kier molecular flexibility index (Phi) is 5.46. The Balaban J connectivity index is 2.24. The van der Waals surface area contributed by atoms with Crippen LogP contribution in [0.4, 0.5) is 0 Å². The van der Waals surface area contributed by atoms with Gasteiger partial charge in [-0.3, -0.25) is 0 Å². The molecule has 2 N–H and O–H groups in total. The van der Waals surface area contributed by atoms with Crippen LogP contribution in [-0.4, -0.2) is 36.4 Å². The van der Waals surface area contributed by atoms with Crippen molar-refractivity contribution in [3.05, 3.63) is 24.1 Å². The van der Waals surface area contributed by atoms with Crippen molar-refractivity contribution < 1.29 is 14.0 Å². The third-order valence-electron chi connectivity index (χ3n) is 3.00. The summed E-state index contributed by atoms with van der Waals surface area (Å²) in [5.74, 6) is 3.21. The van der Waals surface area contributed by atoms with Crippen LogP contribution in [0, 0.1) is 0 Å². The van der Waals surface area contributed by atoms with Crippen molar-refractivity contribution >= 4 is 11.8 Å². The zero-order chi connectivity index (χ0) is 15.2. The SMILES string of the molecule is COc1cc(OC)cc(-c2noc([C@@H](N)CCSC)n2)c1. The Hall–Kier alpha value is -1.73. The summed E-state index contributed by atoms with van der Waals surface area (Å²) >= 11 is 1.73. The number of hydrogen-bond acceptors (Lipinski definition) is 7. The maximum atomic E-state index is 6.03. The molecule has 6 nitrogen and oxygen atoms in total. The number of benzene rings is 1. The first-order valence-corrected chi connectivity index (χ1v) is 7.89. The van der Waals surface area contributed by atoms with E-state index in [1.807, 2.05) is 18.4 Å². The zero-order valence-electron chi connectivity index (χ0n) is 12.3. The molecule has 1 heterocycles. The summed E-state index contributed by atoms with van der Waals surface area (Å²) in [7, 11) is 3.19. The number of aromatic nitrogens is 2. The van der Waals surface area contributed by atoms with Gasteiger partial charge in [-0.25, -0.2) is 0 Å². The maximum Gasteiger partial charge on any atom is 0.243 e. The average molecular weight is 309 g/mol. The normalized spacial score (nSPS) is 12.2. The van der Waals surface area contributed by atoms with Gasteiger partial charge in [0.05, 0.1) is 20.3 Å². The lowest BCUT2D eigenvalue weighted by Crippen LogP contribution is -2.11. The molecule has 1 atom stereocenters. The molecule has 0 aliphatic carbocycles. The van der Waals surface area contributed by atoms with E-state index in [1.54, 1.807) is 32.0 Å². The van der Waals surface area contributed by atoms with E-state index in [0.29, 0.717) is 23.2 Å². The molecule has 0 saturated carbocycles. The molecule has 1 aromatic carbocycles. The fraction of sp³-hybridized carbons (Fsp3) is 0.429. The molecule has 2 rings (SSSR count). The van der Waals surface area contributed by atoms with Crippen LogP contribution >= 0.6 is 11.8 Å². The van der Waals surface area contributed by atoms with E-state index in [0.717, 1.165) is 17.7 Å². The van der Waals surface area contributed by atoms with Crippen molar-refractivity contribution in [3.8, 4) is 22.9 Å². The Labute approximate surface area is 128 Å². The fourth-order valence-corrected chi connectivity index (χ4v) is 2.30. The van der Waals surface area contributed by atoms with Gasteiger partial charge in [-0.15, -0.1) is 0 Å². The molecule has 1 aromatic heterocycles. The predicted molar refractivity (Wildman–Crippen MR) is 82.8 cm³/mol. The van der Waals surface area contributed by atoms with Gasteiger partial charge in [-0.2, -0.15) is 16.7 Å². The molecule has 0 bridgehead atoms. The second-order valence-corrected chi connectivity index (χ2v) is 5.43. The Morgan fingerprint density at radius 2 is 1.90 bits per heavy atom. The van der Waals surface area contributed by atoms with Crippen molar-refractivity contribution in [2.24, 2.45) is 5.73 Å². The van der Waals surface area contributed by atoms with Gasteiger partial charge in [0.15, 0.2) is 0 Å². The largest absolute Gasteiger partial charge is 0.497 e. The highest BCUT2D eigenvalue weighted by atomic mass is 32.2. The molecule has 7 heteroatoms. The zero-order valence-corrected chi connectivity index (χ0v) is 13.1. The second-order valence-electron chi connectivity index (χ2n) is 4.45. The van der Waals surface area contributed by atoms with Crippen LogP contribution in [0.15, 0.2) is 22.7 Å². The van der Waals surface area contributed by atoms with Crippen molar-refractivity contribution in [3.63, 3.8) is 0 Å². The lowest BCUT2D eigenvalue weighted by Gasteiger charge is -2.06. The smallest absolute Gasteiger partial charge is 0.243 e. The molecule has 0 aliphatic heterocycles. The number of nitrogens with two attached hydrogens (primary N) is 1. The number of nitrogens with zero attached hydrogens (tertiary/aromatic N) is 2. The average Bonchev–Trinajstić information content (AvgIpc) is 3.02. The number of ether oxygens (including phenoxy) is 2. The van der Waals surface area contributed by atoms with Crippen LogP contribution in [-0.2, 0) is 0 Å².